The summed E-state index contributed by atoms with van der Waals surface area (Å²) in [5, 5.41) is 11.2. The molecule has 0 bridgehead atoms. The Bertz CT molecular complexity index is 453. The Morgan fingerprint density at radius 2 is 2.17 bits per heavy atom. The molecule has 0 aliphatic heterocycles. The predicted octanol–water partition coefficient (Wildman–Crippen LogP) is 1.98. The van der Waals surface area contributed by atoms with Crippen LogP contribution in [0.25, 0.3) is 0 Å². The molecule has 0 radical (unpaired) electrons. The number of carboxylic acids is 1. The topological polar surface area (TPSA) is 66.4 Å². The molecule has 2 N–H and O–H groups in total. The standard InChI is InChI=1S/C12H13ClFNO3/c1-7(8-3-2-4-9(13)5-8)11(16)15-10(6-14)12(17)18/h2-5,7,10H,6H2,1H3,(H,15,16)(H,17,18). The smallest absolute Gasteiger partial charge is 0.328 e. The Morgan fingerprint density at radius 3 is 2.67 bits per heavy atom. The van der Waals surface area contributed by atoms with E-state index >= 15 is 0 Å². The van der Waals surface area contributed by atoms with Crippen LogP contribution in [-0.2, 0) is 9.59 Å². The second-order valence-electron chi connectivity index (χ2n) is 3.83. The number of aliphatic carboxylic acids is 1. The Labute approximate surface area is 109 Å². The van der Waals surface area contributed by atoms with E-state index in [0.29, 0.717) is 10.6 Å². The van der Waals surface area contributed by atoms with E-state index in [1.807, 2.05) is 0 Å². The minimum atomic E-state index is -1.51. The summed E-state index contributed by atoms with van der Waals surface area (Å²) in [7, 11) is 0. The molecule has 2 atom stereocenters. The van der Waals surface area contributed by atoms with Gasteiger partial charge in [0.2, 0.25) is 5.91 Å². The van der Waals surface area contributed by atoms with E-state index in [0.717, 1.165) is 0 Å². The molecule has 98 valence electrons. The van der Waals surface area contributed by atoms with Crippen molar-refractivity contribution in [1.82, 2.24) is 5.32 Å². The van der Waals surface area contributed by atoms with E-state index in [1.54, 1.807) is 31.2 Å². The van der Waals surface area contributed by atoms with Crippen molar-refractivity contribution < 1.29 is 19.1 Å². The first-order chi connectivity index (χ1) is 8.45. The minimum Gasteiger partial charge on any atom is -0.480 e. The van der Waals surface area contributed by atoms with Crippen molar-refractivity contribution >= 4 is 23.5 Å². The maximum absolute atomic E-state index is 12.4. The van der Waals surface area contributed by atoms with Gasteiger partial charge in [-0.2, -0.15) is 0 Å². The van der Waals surface area contributed by atoms with Gasteiger partial charge < -0.3 is 10.4 Å². The number of hydrogen-bond donors (Lipinski definition) is 2. The number of carbonyl (C=O) groups is 2. The molecule has 4 nitrogen and oxygen atoms in total. The molecular formula is C12H13ClFNO3. The van der Waals surface area contributed by atoms with Crippen LogP contribution in [0, 0.1) is 0 Å². The molecule has 1 aromatic carbocycles. The molecular weight excluding hydrogens is 261 g/mol. The van der Waals surface area contributed by atoms with Crippen LogP contribution in [0.3, 0.4) is 0 Å². The molecule has 1 aromatic rings. The van der Waals surface area contributed by atoms with E-state index in [4.69, 9.17) is 16.7 Å². The summed E-state index contributed by atoms with van der Waals surface area (Å²) >= 11 is 5.79. The van der Waals surface area contributed by atoms with E-state index in [-0.39, 0.29) is 0 Å². The van der Waals surface area contributed by atoms with Crippen molar-refractivity contribution in [3.05, 3.63) is 34.9 Å². The molecule has 18 heavy (non-hydrogen) atoms. The molecule has 2 unspecified atom stereocenters. The zero-order valence-corrected chi connectivity index (χ0v) is 10.4. The summed E-state index contributed by atoms with van der Waals surface area (Å²) < 4.78 is 12.4. The quantitative estimate of drug-likeness (QED) is 0.862. The van der Waals surface area contributed by atoms with Gasteiger partial charge in [0.05, 0.1) is 5.92 Å². The Balaban J connectivity index is 2.75. The van der Waals surface area contributed by atoms with Crippen molar-refractivity contribution in [1.29, 1.82) is 0 Å². The van der Waals surface area contributed by atoms with Crippen LogP contribution < -0.4 is 5.32 Å². The highest BCUT2D eigenvalue weighted by Crippen LogP contribution is 2.19. The maximum atomic E-state index is 12.4. The molecule has 0 saturated carbocycles. The molecule has 0 aliphatic rings. The molecule has 0 aliphatic carbocycles. The average molecular weight is 274 g/mol. The first-order valence-corrected chi connectivity index (χ1v) is 5.68. The summed E-state index contributed by atoms with van der Waals surface area (Å²) in [4.78, 5) is 22.3. The third-order valence-electron chi connectivity index (χ3n) is 2.51. The van der Waals surface area contributed by atoms with E-state index in [9.17, 15) is 14.0 Å². The number of amides is 1. The number of halogens is 2. The number of carboxylic acid groups (broad SMARTS) is 1. The van der Waals surface area contributed by atoms with Crippen molar-refractivity contribution in [3.8, 4) is 0 Å². The van der Waals surface area contributed by atoms with Gasteiger partial charge in [-0.3, -0.25) is 4.79 Å². The highest BCUT2D eigenvalue weighted by molar-refractivity contribution is 6.30. The summed E-state index contributed by atoms with van der Waals surface area (Å²) in [5.41, 5.74) is 0.642. The zero-order valence-electron chi connectivity index (χ0n) is 9.69. The van der Waals surface area contributed by atoms with E-state index < -0.39 is 30.5 Å². The largest absolute Gasteiger partial charge is 0.480 e. The third-order valence-corrected chi connectivity index (χ3v) is 2.75. The molecule has 0 heterocycles. The number of hydrogen-bond acceptors (Lipinski definition) is 2. The lowest BCUT2D eigenvalue weighted by Crippen LogP contribution is -2.44. The second kappa shape index (κ2) is 6.35. The molecule has 6 heteroatoms. The lowest BCUT2D eigenvalue weighted by atomic mass is 10.00. The summed E-state index contributed by atoms with van der Waals surface area (Å²) in [6.07, 6.45) is 0. The molecule has 0 saturated heterocycles. The first-order valence-electron chi connectivity index (χ1n) is 5.30. The fourth-order valence-corrected chi connectivity index (χ4v) is 1.59. The first kappa shape index (κ1) is 14.4. The molecule has 0 fully saturated rings. The summed E-state index contributed by atoms with van der Waals surface area (Å²) in [6.45, 7) is 0.446. The molecule has 0 aromatic heterocycles. The summed E-state index contributed by atoms with van der Waals surface area (Å²) in [5.74, 6) is -2.55. The Hall–Kier alpha value is -1.62. The van der Waals surface area contributed by atoms with Crippen LogP contribution in [0.15, 0.2) is 24.3 Å². The number of nitrogens with one attached hydrogen (secondary N) is 1. The van der Waals surface area contributed by atoms with E-state index in [1.165, 1.54) is 0 Å². The number of carbonyl (C=O) groups excluding carboxylic acids is 1. The van der Waals surface area contributed by atoms with E-state index in [2.05, 4.69) is 5.32 Å². The lowest BCUT2D eigenvalue weighted by molar-refractivity contribution is -0.142. The van der Waals surface area contributed by atoms with Crippen LogP contribution in [0.2, 0.25) is 5.02 Å². The highest BCUT2D eigenvalue weighted by Gasteiger charge is 2.23. The van der Waals surface area contributed by atoms with Crippen molar-refractivity contribution in [2.45, 2.75) is 18.9 Å². The van der Waals surface area contributed by atoms with Gasteiger partial charge in [0.25, 0.3) is 0 Å². The Kier molecular flexibility index (Phi) is 5.09. The van der Waals surface area contributed by atoms with Gasteiger partial charge in [-0.25, -0.2) is 9.18 Å². The van der Waals surface area contributed by atoms with Crippen LogP contribution in [0.4, 0.5) is 4.39 Å². The number of alkyl halides is 1. The van der Waals surface area contributed by atoms with Crippen LogP contribution >= 0.6 is 11.6 Å². The number of benzene rings is 1. The van der Waals surface area contributed by atoms with Gasteiger partial charge in [0.1, 0.15) is 6.67 Å². The molecule has 1 amide bonds. The minimum absolute atomic E-state index is 0.479. The van der Waals surface area contributed by atoms with Crippen LogP contribution in [0.1, 0.15) is 18.4 Å². The average Bonchev–Trinajstić information content (AvgIpc) is 2.34. The van der Waals surface area contributed by atoms with Crippen molar-refractivity contribution in [3.63, 3.8) is 0 Å². The summed E-state index contributed by atoms with van der Waals surface area (Å²) in [6, 6.07) is 5.14. The van der Waals surface area contributed by atoms with Gasteiger partial charge in [-0.05, 0) is 24.6 Å². The van der Waals surface area contributed by atoms with Gasteiger partial charge in [0, 0.05) is 5.02 Å². The second-order valence-corrected chi connectivity index (χ2v) is 4.27. The zero-order chi connectivity index (χ0) is 13.7. The monoisotopic (exact) mass is 273 g/mol. The number of rotatable bonds is 5. The van der Waals surface area contributed by atoms with Crippen LogP contribution in [-0.4, -0.2) is 29.7 Å². The normalized spacial score (nSPS) is 13.7. The predicted molar refractivity (Wildman–Crippen MR) is 65.4 cm³/mol. The fraction of sp³-hybridized carbons (Fsp3) is 0.333. The van der Waals surface area contributed by atoms with Gasteiger partial charge >= 0.3 is 5.97 Å². The van der Waals surface area contributed by atoms with Crippen molar-refractivity contribution in [2.24, 2.45) is 0 Å². The fourth-order valence-electron chi connectivity index (χ4n) is 1.39. The highest BCUT2D eigenvalue weighted by atomic mass is 35.5. The molecule has 0 spiro atoms. The van der Waals surface area contributed by atoms with Crippen molar-refractivity contribution in [2.75, 3.05) is 6.67 Å². The van der Waals surface area contributed by atoms with Crippen LogP contribution in [0.5, 0.6) is 0 Å². The Morgan fingerprint density at radius 1 is 1.50 bits per heavy atom. The lowest BCUT2D eigenvalue weighted by Gasteiger charge is -2.16. The van der Waals surface area contributed by atoms with Gasteiger partial charge in [-0.15, -0.1) is 0 Å². The van der Waals surface area contributed by atoms with Gasteiger partial charge in [-0.1, -0.05) is 23.7 Å². The SMILES string of the molecule is CC(C(=O)NC(CF)C(=O)O)c1cccc(Cl)c1. The van der Waals surface area contributed by atoms with Gasteiger partial charge in [0.15, 0.2) is 6.04 Å². The third kappa shape index (κ3) is 3.70. The molecule has 1 rings (SSSR count). The maximum Gasteiger partial charge on any atom is 0.328 e.